The van der Waals surface area contributed by atoms with Gasteiger partial charge in [0.15, 0.2) is 11.1 Å². The Balaban J connectivity index is 3.19. The lowest BCUT2D eigenvalue weighted by Crippen LogP contribution is -2.44. The van der Waals surface area contributed by atoms with E-state index in [4.69, 9.17) is 4.74 Å². The van der Waals surface area contributed by atoms with Gasteiger partial charge in [-0.05, 0) is 32.3 Å². The van der Waals surface area contributed by atoms with E-state index in [1.807, 2.05) is 13.8 Å². The van der Waals surface area contributed by atoms with Crippen molar-refractivity contribution in [1.29, 1.82) is 5.39 Å². The molecule has 26 heavy (non-hydrogen) atoms. The minimum atomic E-state index is -1.34. The van der Waals surface area contributed by atoms with Gasteiger partial charge >= 0.3 is 11.8 Å². The molecule has 142 valence electrons. The van der Waals surface area contributed by atoms with Gasteiger partial charge in [-0.15, -0.1) is 0 Å². The van der Waals surface area contributed by atoms with Crippen LogP contribution in [0.15, 0.2) is 41.8 Å². The molecule has 0 aliphatic rings. The lowest BCUT2D eigenvalue weighted by atomic mass is 9.94. The van der Waals surface area contributed by atoms with Gasteiger partial charge in [0.25, 0.3) is 0 Å². The van der Waals surface area contributed by atoms with Crippen molar-refractivity contribution in [3.05, 3.63) is 52.3 Å². The molecule has 1 amide bonds. The molecule has 3 atom stereocenters. The van der Waals surface area contributed by atoms with Crippen LogP contribution in [-0.2, 0) is 4.74 Å². The van der Waals surface area contributed by atoms with Crippen LogP contribution in [0.25, 0.3) is 4.98 Å². The van der Waals surface area contributed by atoms with Crippen LogP contribution in [-0.4, -0.2) is 27.9 Å². The molecule has 1 rings (SSSR count). The molecule has 3 N–H and O–H groups in total. The highest BCUT2D eigenvalue weighted by Crippen LogP contribution is 2.28. The van der Waals surface area contributed by atoms with Crippen LogP contribution in [0.3, 0.4) is 0 Å². The van der Waals surface area contributed by atoms with Crippen molar-refractivity contribution >= 4 is 6.09 Å². The Kier molecular flexibility index (Phi) is 7.59. The summed E-state index contributed by atoms with van der Waals surface area (Å²) in [6.45, 7) is 8.91. The van der Waals surface area contributed by atoms with Gasteiger partial charge in [0.1, 0.15) is 11.6 Å². The average molecular weight is 362 g/mol. The molecule has 7 heteroatoms. The van der Waals surface area contributed by atoms with E-state index in [2.05, 4.69) is 10.3 Å². The number of hydrogen-bond acceptors (Lipinski definition) is 5. The molecule has 0 saturated heterocycles. The third-order valence-electron chi connectivity index (χ3n) is 3.92. The van der Waals surface area contributed by atoms with Crippen LogP contribution in [0.4, 0.5) is 4.79 Å². The number of benzene rings is 1. The number of alkyl carbamates (subject to hydrolysis) is 1. The summed E-state index contributed by atoms with van der Waals surface area (Å²) >= 11 is 0. The van der Waals surface area contributed by atoms with Crippen molar-refractivity contribution < 1.29 is 19.7 Å². The molecule has 0 heterocycles. The number of nitrogens with zero attached hydrogens (tertiary/aromatic N) is 2. The first-order valence-corrected chi connectivity index (χ1v) is 8.61. The molecule has 0 bridgehead atoms. The van der Waals surface area contributed by atoms with Crippen LogP contribution in [0.1, 0.15) is 52.7 Å². The standard InChI is InChI=1S/C19H27N3O4/c1-6-12(2)14(21-18(25)26-19(3,4)5)17(24)15(22-20)16(23)13-10-8-7-9-11-13/h7-12,14,16,23H,6H2,1-5H3,(H-,21,24,25)/p+1/b17-15+/t12-,14-,16?/m0/s1. The Bertz CT molecular complexity index is 674. The number of diazo groups is 1. The van der Waals surface area contributed by atoms with Gasteiger partial charge in [-0.3, -0.25) is 0 Å². The van der Waals surface area contributed by atoms with Gasteiger partial charge in [-0.1, -0.05) is 50.6 Å². The zero-order valence-corrected chi connectivity index (χ0v) is 15.9. The van der Waals surface area contributed by atoms with Crippen molar-refractivity contribution in [3.8, 4) is 0 Å². The molecule has 1 unspecified atom stereocenters. The zero-order valence-electron chi connectivity index (χ0n) is 15.9. The summed E-state index contributed by atoms with van der Waals surface area (Å²) in [5.74, 6) is -0.605. The highest BCUT2D eigenvalue weighted by Gasteiger charge is 2.37. The number of nitrogens with one attached hydrogen (secondary N) is 1. The second-order valence-electron chi connectivity index (χ2n) is 7.19. The molecule has 0 saturated carbocycles. The first kappa shape index (κ1) is 21.5. The van der Waals surface area contributed by atoms with E-state index >= 15 is 0 Å². The van der Waals surface area contributed by atoms with Crippen LogP contribution in [0, 0.1) is 11.3 Å². The maximum Gasteiger partial charge on any atom is 0.433 e. The molecule has 0 spiro atoms. The smallest absolute Gasteiger partial charge is 0.433 e. The Morgan fingerprint density at radius 1 is 1.31 bits per heavy atom. The molecular formula is C19H28N3O4+. The molecule has 0 radical (unpaired) electrons. The Labute approximate surface area is 154 Å². The maximum atomic E-state index is 12.1. The Morgan fingerprint density at radius 3 is 2.35 bits per heavy atom. The molecule has 1 aromatic rings. The van der Waals surface area contributed by atoms with Crippen molar-refractivity contribution in [2.75, 3.05) is 0 Å². The molecule has 0 fully saturated rings. The number of ether oxygens (including phenoxy) is 1. The fraction of sp³-hybridized carbons (Fsp3) is 0.526. The van der Waals surface area contributed by atoms with Gasteiger partial charge in [0.2, 0.25) is 11.2 Å². The van der Waals surface area contributed by atoms with Crippen molar-refractivity contribution in [2.24, 2.45) is 5.92 Å². The first-order valence-electron chi connectivity index (χ1n) is 8.61. The molecule has 1 aromatic carbocycles. The van der Waals surface area contributed by atoms with Gasteiger partial charge < -0.3 is 20.3 Å². The highest BCUT2D eigenvalue weighted by atomic mass is 16.6. The van der Waals surface area contributed by atoms with Crippen molar-refractivity contribution in [1.82, 2.24) is 5.32 Å². The second-order valence-corrected chi connectivity index (χ2v) is 7.19. The second kappa shape index (κ2) is 9.20. The zero-order chi connectivity index (χ0) is 19.9. The predicted molar refractivity (Wildman–Crippen MR) is 98.8 cm³/mol. The lowest BCUT2D eigenvalue weighted by molar-refractivity contribution is 0.0481. The quantitative estimate of drug-likeness (QED) is 0.517. The average Bonchev–Trinajstić information content (AvgIpc) is 2.58. The summed E-state index contributed by atoms with van der Waals surface area (Å²) in [5.41, 5.74) is -0.568. The van der Waals surface area contributed by atoms with Gasteiger partial charge in [-0.25, -0.2) is 4.79 Å². The number of rotatable bonds is 6. The van der Waals surface area contributed by atoms with E-state index in [9.17, 15) is 20.4 Å². The summed E-state index contributed by atoms with van der Waals surface area (Å²) in [6.07, 6.45) is -1.42. The summed E-state index contributed by atoms with van der Waals surface area (Å²) in [5, 5.41) is 33.1. The normalized spacial score (nSPS) is 15.9. The molecule has 0 aliphatic carbocycles. The Morgan fingerprint density at radius 2 is 1.88 bits per heavy atom. The summed E-state index contributed by atoms with van der Waals surface area (Å²) in [6, 6.07) is 7.62. The van der Waals surface area contributed by atoms with E-state index in [0.29, 0.717) is 12.0 Å². The molecule has 0 aliphatic heterocycles. The summed E-state index contributed by atoms with van der Waals surface area (Å²) in [7, 11) is 0. The van der Waals surface area contributed by atoms with Crippen molar-refractivity contribution in [2.45, 2.75) is 58.8 Å². The number of carbonyl (C=O) groups excluding carboxylic acids is 1. The highest BCUT2D eigenvalue weighted by molar-refractivity contribution is 5.68. The number of carbonyl (C=O) groups is 1. The third kappa shape index (κ3) is 6.05. The van der Waals surface area contributed by atoms with E-state index in [0.717, 1.165) is 0 Å². The molecule has 0 aromatic heterocycles. The number of amides is 1. The number of aliphatic hydroxyl groups excluding tert-OH is 2. The van der Waals surface area contributed by atoms with E-state index in [1.54, 1.807) is 51.1 Å². The summed E-state index contributed by atoms with van der Waals surface area (Å²) < 4.78 is 5.23. The topological polar surface area (TPSA) is 107 Å². The van der Waals surface area contributed by atoms with Crippen LogP contribution in [0.5, 0.6) is 0 Å². The van der Waals surface area contributed by atoms with Crippen LogP contribution in [0.2, 0.25) is 0 Å². The van der Waals surface area contributed by atoms with Gasteiger partial charge in [-0.2, -0.15) is 0 Å². The maximum absolute atomic E-state index is 12.1. The number of hydrogen-bond donors (Lipinski definition) is 3. The first-order chi connectivity index (χ1) is 12.1. The molecule has 7 nitrogen and oxygen atoms in total. The predicted octanol–water partition coefficient (Wildman–Crippen LogP) is 4.28. The fourth-order valence-corrected chi connectivity index (χ4v) is 2.35. The van der Waals surface area contributed by atoms with Crippen molar-refractivity contribution in [3.63, 3.8) is 0 Å². The minimum Gasteiger partial charge on any atom is -0.504 e. The van der Waals surface area contributed by atoms with E-state index in [1.165, 1.54) is 0 Å². The molecular weight excluding hydrogens is 334 g/mol. The van der Waals surface area contributed by atoms with E-state index < -0.39 is 29.6 Å². The van der Waals surface area contributed by atoms with E-state index in [-0.39, 0.29) is 11.6 Å². The Hall–Kier alpha value is -2.59. The lowest BCUT2D eigenvalue weighted by Gasteiger charge is -2.26. The van der Waals surface area contributed by atoms with Crippen LogP contribution < -0.4 is 5.32 Å². The fourth-order valence-electron chi connectivity index (χ4n) is 2.35. The monoisotopic (exact) mass is 362 g/mol. The number of aliphatic hydroxyl groups is 2. The van der Waals surface area contributed by atoms with Gasteiger partial charge in [0, 0.05) is 0 Å². The third-order valence-corrected chi connectivity index (χ3v) is 3.92. The SMILES string of the molecule is CC[C@H](C)[C@H](NC(=O)OC(C)(C)C)/C(O)=C(\[N+]#N)C(O)c1ccccc1. The minimum absolute atomic E-state index is 0.192. The van der Waals surface area contributed by atoms with Gasteiger partial charge in [0.05, 0.1) is 0 Å². The van der Waals surface area contributed by atoms with Crippen LogP contribution >= 0.6 is 0 Å². The largest absolute Gasteiger partial charge is 0.504 e. The summed E-state index contributed by atoms with van der Waals surface area (Å²) in [4.78, 5) is 15.2.